The molecule has 122 valence electrons. The summed E-state index contributed by atoms with van der Waals surface area (Å²) in [7, 11) is -1.02. The normalized spacial score (nSPS) is 23.3. The van der Waals surface area contributed by atoms with Crippen LogP contribution < -0.4 is 0 Å². The van der Waals surface area contributed by atoms with Crippen molar-refractivity contribution < 1.29 is 0 Å². The molecule has 2 aliphatic heterocycles. The van der Waals surface area contributed by atoms with E-state index in [2.05, 4.69) is 31.4 Å². The van der Waals surface area contributed by atoms with Crippen LogP contribution in [0, 0.1) is 0 Å². The van der Waals surface area contributed by atoms with Crippen molar-refractivity contribution in [3.63, 3.8) is 0 Å². The van der Waals surface area contributed by atoms with Gasteiger partial charge in [-0.1, -0.05) is 57.3 Å². The Hall–Kier alpha value is -0.0831. The fourth-order valence-electron chi connectivity index (χ4n) is 5.06. The molecule has 2 aliphatic rings. The molecule has 0 amide bonds. The summed E-state index contributed by atoms with van der Waals surface area (Å²) in [5.74, 6) is 0. The number of nitrogens with zero attached hydrogens (tertiary/aromatic N) is 1. The van der Waals surface area contributed by atoms with E-state index in [4.69, 9.17) is 0 Å². The first-order chi connectivity index (χ1) is 10.2. The lowest BCUT2D eigenvalue weighted by Gasteiger charge is -2.44. The van der Waals surface area contributed by atoms with Crippen LogP contribution in [0.25, 0.3) is 0 Å². The van der Waals surface area contributed by atoms with E-state index in [0.29, 0.717) is 5.54 Å². The summed E-state index contributed by atoms with van der Waals surface area (Å²) in [6.07, 6.45) is 13.8. The zero-order chi connectivity index (χ0) is 15.2. The van der Waals surface area contributed by atoms with Crippen LogP contribution in [0.2, 0.25) is 24.2 Å². The molecule has 2 fully saturated rings. The maximum Gasteiger partial charge on any atom is 0.0573 e. The predicted molar refractivity (Wildman–Crippen MR) is 97.8 cm³/mol. The molecular formula is C19H37NSi. The summed E-state index contributed by atoms with van der Waals surface area (Å²) in [6.45, 7) is 11.7. The van der Waals surface area contributed by atoms with Gasteiger partial charge in [0.25, 0.3) is 0 Å². The van der Waals surface area contributed by atoms with Crippen molar-refractivity contribution in [2.75, 3.05) is 13.1 Å². The summed E-state index contributed by atoms with van der Waals surface area (Å²) >= 11 is 0. The van der Waals surface area contributed by atoms with Gasteiger partial charge in [-0.15, -0.1) is 6.58 Å². The van der Waals surface area contributed by atoms with Crippen LogP contribution in [-0.2, 0) is 0 Å². The molecule has 0 atom stereocenters. The zero-order valence-electron chi connectivity index (χ0n) is 14.6. The molecule has 2 saturated heterocycles. The maximum atomic E-state index is 4.09. The monoisotopic (exact) mass is 307 g/mol. The largest absolute Gasteiger partial charge is 0.298 e. The number of hydrogen-bond donors (Lipinski definition) is 0. The summed E-state index contributed by atoms with van der Waals surface area (Å²) in [5, 5.41) is 0. The van der Waals surface area contributed by atoms with Gasteiger partial charge in [-0.05, 0) is 51.2 Å². The van der Waals surface area contributed by atoms with E-state index >= 15 is 0 Å². The molecule has 2 heterocycles. The number of rotatable bonds is 8. The van der Waals surface area contributed by atoms with Crippen molar-refractivity contribution in [2.45, 2.75) is 94.9 Å². The number of likely N-dealkylation sites (tertiary alicyclic amines) is 1. The molecule has 0 aliphatic carbocycles. The molecule has 0 N–H and O–H groups in total. The summed E-state index contributed by atoms with van der Waals surface area (Å²) in [6, 6.07) is 6.12. The Balaban J connectivity index is 2.03. The van der Waals surface area contributed by atoms with Crippen LogP contribution in [-0.4, -0.2) is 31.6 Å². The fraction of sp³-hybridized carbons (Fsp3) is 0.895. The molecule has 2 rings (SSSR count). The van der Waals surface area contributed by atoms with Crippen molar-refractivity contribution >= 4 is 8.07 Å². The highest BCUT2D eigenvalue weighted by Crippen LogP contribution is 2.41. The lowest BCUT2D eigenvalue weighted by atomic mass is 9.88. The van der Waals surface area contributed by atoms with Crippen molar-refractivity contribution in [3.05, 3.63) is 12.7 Å². The van der Waals surface area contributed by atoms with Gasteiger partial charge in [0, 0.05) is 5.54 Å². The Labute approximate surface area is 134 Å². The molecule has 21 heavy (non-hydrogen) atoms. The molecule has 0 radical (unpaired) electrons. The van der Waals surface area contributed by atoms with Crippen LogP contribution in [0.5, 0.6) is 0 Å². The van der Waals surface area contributed by atoms with Gasteiger partial charge in [-0.3, -0.25) is 4.90 Å². The molecule has 0 unspecified atom stereocenters. The van der Waals surface area contributed by atoms with Gasteiger partial charge in [0.15, 0.2) is 0 Å². The third-order valence-electron chi connectivity index (χ3n) is 6.71. The second-order valence-electron chi connectivity index (χ2n) is 7.68. The van der Waals surface area contributed by atoms with E-state index in [1.54, 1.807) is 18.1 Å². The van der Waals surface area contributed by atoms with E-state index < -0.39 is 8.07 Å². The molecular weight excluding hydrogens is 270 g/mol. The van der Waals surface area contributed by atoms with E-state index in [0.717, 1.165) is 0 Å². The van der Waals surface area contributed by atoms with Crippen LogP contribution >= 0.6 is 0 Å². The van der Waals surface area contributed by atoms with Crippen LogP contribution in [0.1, 0.15) is 65.2 Å². The summed E-state index contributed by atoms with van der Waals surface area (Å²) < 4.78 is 0. The maximum absolute atomic E-state index is 4.09. The SMILES string of the molecule is C=CC[Si]1(CCC(CC)(CC)N2CCCC2)CCCCC1. The standard InChI is InChI=1S/C19H37NSi/c1-4-15-21(16-10-7-11-17-21)18-12-19(5-2,6-3)20-13-8-9-14-20/h4H,1,5-18H2,2-3H3. The topological polar surface area (TPSA) is 3.24 Å². The quantitative estimate of drug-likeness (QED) is 0.401. The van der Waals surface area contributed by atoms with Gasteiger partial charge in [0.2, 0.25) is 0 Å². The van der Waals surface area contributed by atoms with E-state index in [-0.39, 0.29) is 0 Å². The first kappa shape index (κ1) is 17.3. The van der Waals surface area contributed by atoms with Gasteiger partial charge >= 0.3 is 0 Å². The van der Waals surface area contributed by atoms with Crippen molar-refractivity contribution in [3.8, 4) is 0 Å². The Morgan fingerprint density at radius 3 is 2.14 bits per heavy atom. The lowest BCUT2D eigenvalue weighted by molar-refractivity contribution is 0.100. The van der Waals surface area contributed by atoms with Crippen LogP contribution in [0.15, 0.2) is 12.7 Å². The molecule has 0 bridgehead atoms. The fourth-order valence-corrected chi connectivity index (χ4v) is 10.0. The Bertz CT molecular complexity index is 310. The highest BCUT2D eigenvalue weighted by Gasteiger charge is 2.39. The lowest BCUT2D eigenvalue weighted by Crippen LogP contribution is -2.48. The molecule has 0 aromatic rings. The molecule has 0 saturated carbocycles. The number of allylic oxidation sites excluding steroid dienone is 1. The highest BCUT2D eigenvalue weighted by atomic mass is 28.3. The average Bonchev–Trinajstić information content (AvgIpc) is 3.05. The zero-order valence-corrected chi connectivity index (χ0v) is 15.6. The summed E-state index contributed by atoms with van der Waals surface area (Å²) in [5.41, 5.74) is 0.523. The van der Waals surface area contributed by atoms with E-state index in [1.807, 2.05) is 0 Å². The molecule has 1 nitrogen and oxygen atoms in total. The third-order valence-corrected chi connectivity index (χ3v) is 12.0. The van der Waals surface area contributed by atoms with Gasteiger partial charge in [-0.25, -0.2) is 0 Å². The second-order valence-corrected chi connectivity index (χ2v) is 12.6. The first-order valence-electron chi connectivity index (χ1n) is 9.56. The van der Waals surface area contributed by atoms with Crippen molar-refractivity contribution in [1.82, 2.24) is 4.90 Å². The highest BCUT2D eigenvalue weighted by molar-refractivity contribution is 6.80. The molecule has 2 heteroatoms. The van der Waals surface area contributed by atoms with Gasteiger partial charge in [0.05, 0.1) is 8.07 Å². The Morgan fingerprint density at radius 1 is 1.00 bits per heavy atom. The Morgan fingerprint density at radius 2 is 1.62 bits per heavy atom. The predicted octanol–water partition coefficient (Wildman–Crippen LogP) is 5.85. The first-order valence-corrected chi connectivity index (χ1v) is 12.4. The van der Waals surface area contributed by atoms with E-state index in [9.17, 15) is 0 Å². The minimum atomic E-state index is -1.02. The molecule has 0 aromatic heterocycles. The molecule has 0 spiro atoms. The molecule has 0 aromatic carbocycles. The van der Waals surface area contributed by atoms with Crippen LogP contribution in [0.3, 0.4) is 0 Å². The van der Waals surface area contributed by atoms with Gasteiger partial charge < -0.3 is 0 Å². The third kappa shape index (κ3) is 4.01. The van der Waals surface area contributed by atoms with E-state index in [1.165, 1.54) is 70.5 Å². The van der Waals surface area contributed by atoms with Crippen LogP contribution in [0.4, 0.5) is 0 Å². The minimum absolute atomic E-state index is 0.523. The van der Waals surface area contributed by atoms with Crippen molar-refractivity contribution in [1.29, 1.82) is 0 Å². The summed E-state index contributed by atoms with van der Waals surface area (Å²) in [4.78, 5) is 2.85. The second kappa shape index (κ2) is 7.96. The van der Waals surface area contributed by atoms with Gasteiger partial charge in [-0.2, -0.15) is 0 Å². The Kier molecular flexibility index (Phi) is 6.55. The average molecular weight is 308 g/mol. The van der Waals surface area contributed by atoms with Crippen molar-refractivity contribution in [2.24, 2.45) is 0 Å². The van der Waals surface area contributed by atoms with Gasteiger partial charge in [0.1, 0.15) is 0 Å². The minimum Gasteiger partial charge on any atom is -0.298 e. The number of hydrogen-bond acceptors (Lipinski definition) is 1. The smallest absolute Gasteiger partial charge is 0.0573 e.